The van der Waals surface area contributed by atoms with E-state index in [9.17, 15) is 8.42 Å². The first-order valence-corrected chi connectivity index (χ1v) is 8.43. The summed E-state index contributed by atoms with van der Waals surface area (Å²) in [6.45, 7) is 3.49. The fourth-order valence-electron chi connectivity index (χ4n) is 1.66. The van der Waals surface area contributed by atoms with Crippen LogP contribution in [0.15, 0.2) is 36.5 Å². The lowest BCUT2D eigenvalue weighted by Gasteiger charge is -2.11. The molecule has 0 radical (unpaired) electrons. The van der Waals surface area contributed by atoms with Gasteiger partial charge in [0.05, 0.1) is 17.6 Å². The number of benzene rings is 1. The third kappa shape index (κ3) is 4.09. The van der Waals surface area contributed by atoms with Crippen LogP contribution in [0.1, 0.15) is 12.5 Å². The fraction of sp³-hybridized carbons (Fsp3) is 0.214. The SMILES string of the molecule is CCS(=O)(=O)Nc1ccc(Nc2cccc(Cl)c2C)cn1. The van der Waals surface area contributed by atoms with Gasteiger partial charge in [-0.2, -0.15) is 0 Å². The Hall–Kier alpha value is -1.79. The van der Waals surface area contributed by atoms with Gasteiger partial charge in [0, 0.05) is 10.7 Å². The molecule has 0 aliphatic carbocycles. The Bertz CT molecular complexity index is 730. The number of sulfonamides is 1. The zero-order chi connectivity index (χ0) is 15.5. The molecule has 0 bridgehead atoms. The number of aromatic nitrogens is 1. The number of halogens is 1. The molecular formula is C14H16ClN3O2S. The van der Waals surface area contributed by atoms with Crippen LogP contribution >= 0.6 is 11.6 Å². The third-order valence-corrected chi connectivity index (χ3v) is 4.64. The molecule has 0 atom stereocenters. The van der Waals surface area contributed by atoms with E-state index in [-0.39, 0.29) is 5.75 Å². The summed E-state index contributed by atoms with van der Waals surface area (Å²) in [6, 6.07) is 8.95. The maximum absolute atomic E-state index is 11.4. The van der Waals surface area contributed by atoms with Gasteiger partial charge in [0.2, 0.25) is 10.0 Å². The van der Waals surface area contributed by atoms with Gasteiger partial charge in [-0.15, -0.1) is 0 Å². The minimum absolute atomic E-state index is 0.0103. The van der Waals surface area contributed by atoms with Gasteiger partial charge in [-0.1, -0.05) is 17.7 Å². The monoisotopic (exact) mass is 325 g/mol. The molecule has 0 spiro atoms. The van der Waals surface area contributed by atoms with Crippen molar-refractivity contribution in [2.24, 2.45) is 0 Å². The highest BCUT2D eigenvalue weighted by Gasteiger charge is 2.08. The minimum Gasteiger partial charge on any atom is -0.354 e. The molecule has 2 rings (SSSR count). The Morgan fingerprint density at radius 1 is 1.24 bits per heavy atom. The lowest BCUT2D eigenvalue weighted by molar-refractivity contribution is 0.602. The Morgan fingerprint density at radius 3 is 2.62 bits per heavy atom. The van der Waals surface area contributed by atoms with Gasteiger partial charge in [-0.3, -0.25) is 4.72 Å². The van der Waals surface area contributed by atoms with E-state index in [1.165, 1.54) is 0 Å². The Balaban J connectivity index is 2.15. The molecule has 21 heavy (non-hydrogen) atoms. The highest BCUT2D eigenvalue weighted by Crippen LogP contribution is 2.26. The molecule has 112 valence electrons. The van der Waals surface area contributed by atoms with Gasteiger partial charge in [0.15, 0.2) is 0 Å². The summed E-state index contributed by atoms with van der Waals surface area (Å²) in [5.41, 5.74) is 2.57. The highest BCUT2D eigenvalue weighted by molar-refractivity contribution is 7.92. The number of pyridine rings is 1. The Morgan fingerprint density at radius 2 is 2.00 bits per heavy atom. The van der Waals surface area contributed by atoms with Crippen molar-refractivity contribution in [3.8, 4) is 0 Å². The van der Waals surface area contributed by atoms with Crippen molar-refractivity contribution in [1.29, 1.82) is 0 Å². The second-order valence-corrected chi connectivity index (χ2v) is 6.89. The molecule has 7 heteroatoms. The summed E-state index contributed by atoms with van der Waals surface area (Å²) >= 11 is 6.06. The van der Waals surface area contributed by atoms with Crippen molar-refractivity contribution in [2.45, 2.75) is 13.8 Å². The number of rotatable bonds is 5. The van der Waals surface area contributed by atoms with E-state index in [1.54, 1.807) is 25.3 Å². The smallest absolute Gasteiger partial charge is 0.233 e. The summed E-state index contributed by atoms with van der Waals surface area (Å²) in [5.74, 6) is 0.307. The quantitative estimate of drug-likeness (QED) is 0.882. The fourth-order valence-corrected chi connectivity index (χ4v) is 2.42. The molecule has 0 unspecified atom stereocenters. The van der Waals surface area contributed by atoms with Crippen molar-refractivity contribution >= 4 is 38.8 Å². The molecule has 5 nitrogen and oxygen atoms in total. The average molecular weight is 326 g/mol. The van der Waals surface area contributed by atoms with Crippen LogP contribution in [0.2, 0.25) is 5.02 Å². The lowest BCUT2D eigenvalue weighted by atomic mass is 10.2. The molecule has 1 heterocycles. The summed E-state index contributed by atoms with van der Waals surface area (Å²) < 4.78 is 25.3. The molecular weight excluding hydrogens is 310 g/mol. The summed E-state index contributed by atoms with van der Waals surface area (Å²) in [7, 11) is -3.31. The number of nitrogens with one attached hydrogen (secondary N) is 2. The minimum atomic E-state index is -3.31. The Labute approximate surface area is 129 Å². The van der Waals surface area contributed by atoms with Crippen LogP contribution in [0.4, 0.5) is 17.2 Å². The zero-order valence-electron chi connectivity index (χ0n) is 11.7. The second kappa shape index (κ2) is 6.32. The summed E-state index contributed by atoms with van der Waals surface area (Å²) in [4.78, 5) is 4.07. The van der Waals surface area contributed by atoms with Crippen LogP contribution in [0.25, 0.3) is 0 Å². The van der Waals surface area contributed by atoms with Crippen LogP contribution < -0.4 is 10.0 Å². The predicted molar refractivity (Wildman–Crippen MR) is 86.8 cm³/mol. The van der Waals surface area contributed by atoms with Gasteiger partial charge < -0.3 is 5.32 Å². The number of nitrogens with zero attached hydrogens (tertiary/aromatic N) is 1. The standard InChI is InChI=1S/C14H16ClN3O2S/c1-3-21(19,20)18-14-8-7-11(9-16-14)17-13-6-4-5-12(15)10(13)2/h4-9,17H,3H2,1-2H3,(H,16,18). The molecule has 1 aromatic heterocycles. The Kier molecular flexibility index (Phi) is 4.69. The molecule has 0 aliphatic heterocycles. The molecule has 2 aromatic rings. The molecule has 0 saturated carbocycles. The van der Waals surface area contributed by atoms with Crippen molar-refractivity contribution in [2.75, 3.05) is 15.8 Å². The molecule has 0 saturated heterocycles. The summed E-state index contributed by atoms with van der Waals surface area (Å²) in [5, 5.41) is 3.87. The average Bonchev–Trinajstić information content (AvgIpc) is 2.46. The molecule has 2 N–H and O–H groups in total. The van der Waals surface area contributed by atoms with E-state index in [0.29, 0.717) is 10.8 Å². The van der Waals surface area contributed by atoms with Gasteiger partial charge >= 0.3 is 0 Å². The van der Waals surface area contributed by atoms with Crippen molar-refractivity contribution in [3.05, 3.63) is 47.1 Å². The van der Waals surface area contributed by atoms with Crippen molar-refractivity contribution in [1.82, 2.24) is 4.98 Å². The van der Waals surface area contributed by atoms with E-state index >= 15 is 0 Å². The maximum Gasteiger partial charge on any atom is 0.233 e. The number of hydrogen-bond acceptors (Lipinski definition) is 4. The number of hydrogen-bond donors (Lipinski definition) is 2. The van der Waals surface area contributed by atoms with Gasteiger partial charge in [0.25, 0.3) is 0 Å². The van der Waals surface area contributed by atoms with E-state index in [2.05, 4.69) is 15.0 Å². The highest BCUT2D eigenvalue weighted by atomic mass is 35.5. The third-order valence-electron chi connectivity index (χ3n) is 2.95. The van der Waals surface area contributed by atoms with E-state index in [1.807, 2.05) is 25.1 Å². The summed E-state index contributed by atoms with van der Waals surface area (Å²) in [6.07, 6.45) is 1.56. The predicted octanol–water partition coefficient (Wildman–Crippen LogP) is 3.55. The van der Waals surface area contributed by atoms with Crippen LogP contribution in [0.3, 0.4) is 0 Å². The van der Waals surface area contributed by atoms with E-state index in [0.717, 1.165) is 16.9 Å². The molecule has 1 aromatic carbocycles. The van der Waals surface area contributed by atoms with Crippen LogP contribution in [-0.4, -0.2) is 19.2 Å². The van der Waals surface area contributed by atoms with Crippen LogP contribution in [0, 0.1) is 6.92 Å². The van der Waals surface area contributed by atoms with E-state index < -0.39 is 10.0 Å². The largest absolute Gasteiger partial charge is 0.354 e. The topological polar surface area (TPSA) is 71.1 Å². The van der Waals surface area contributed by atoms with Gasteiger partial charge in [-0.05, 0) is 43.7 Å². The maximum atomic E-state index is 11.4. The van der Waals surface area contributed by atoms with Gasteiger partial charge in [-0.25, -0.2) is 13.4 Å². The first-order chi connectivity index (χ1) is 9.91. The number of anilines is 3. The molecule has 0 amide bonds. The first-order valence-electron chi connectivity index (χ1n) is 6.40. The van der Waals surface area contributed by atoms with Crippen LogP contribution in [-0.2, 0) is 10.0 Å². The van der Waals surface area contributed by atoms with Gasteiger partial charge in [0.1, 0.15) is 5.82 Å². The van der Waals surface area contributed by atoms with E-state index in [4.69, 9.17) is 11.6 Å². The zero-order valence-corrected chi connectivity index (χ0v) is 13.3. The molecule has 0 fully saturated rings. The lowest BCUT2D eigenvalue weighted by Crippen LogP contribution is -2.15. The first kappa shape index (κ1) is 15.6. The van der Waals surface area contributed by atoms with Crippen molar-refractivity contribution in [3.63, 3.8) is 0 Å². The van der Waals surface area contributed by atoms with Crippen LogP contribution in [0.5, 0.6) is 0 Å². The van der Waals surface area contributed by atoms with Crippen molar-refractivity contribution < 1.29 is 8.42 Å². The molecule has 0 aliphatic rings. The normalized spacial score (nSPS) is 11.2. The second-order valence-electron chi connectivity index (χ2n) is 4.47.